The molecule has 0 saturated heterocycles. The summed E-state index contributed by atoms with van der Waals surface area (Å²) in [6, 6.07) is 5.65. The van der Waals surface area contributed by atoms with E-state index in [2.05, 4.69) is 11.9 Å². The van der Waals surface area contributed by atoms with Gasteiger partial charge in [0.05, 0.1) is 6.10 Å². The largest absolute Gasteiger partial charge is 0.388 e. The number of hydrogen-bond acceptors (Lipinski definition) is 2. The van der Waals surface area contributed by atoms with E-state index in [-0.39, 0.29) is 0 Å². The fraction of sp³-hybridized carbons (Fsp3) is 0.357. The van der Waals surface area contributed by atoms with Gasteiger partial charge in [0.1, 0.15) is 5.82 Å². The first-order valence-corrected chi connectivity index (χ1v) is 6.43. The quantitative estimate of drug-likeness (QED) is 0.921. The molecule has 0 fully saturated rings. The summed E-state index contributed by atoms with van der Waals surface area (Å²) in [6.07, 6.45) is 3.61. The molecule has 2 rings (SSSR count). The Kier molecular flexibility index (Phi) is 4.04. The summed E-state index contributed by atoms with van der Waals surface area (Å²) in [5.74, 6) is 0.890. The lowest BCUT2D eigenvalue weighted by atomic mass is 10.0. The van der Waals surface area contributed by atoms with Crippen molar-refractivity contribution in [2.75, 3.05) is 0 Å². The molecule has 3 nitrogen and oxygen atoms in total. The molecule has 96 valence electrons. The lowest BCUT2D eigenvalue weighted by Crippen LogP contribution is -2.08. The molecule has 4 heteroatoms. The van der Waals surface area contributed by atoms with Gasteiger partial charge in [-0.1, -0.05) is 23.7 Å². The van der Waals surface area contributed by atoms with Crippen LogP contribution in [0.4, 0.5) is 0 Å². The summed E-state index contributed by atoms with van der Waals surface area (Å²) in [5.41, 5.74) is 1.85. The summed E-state index contributed by atoms with van der Waals surface area (Å²) in [4.78, 5) is 4.26. The van der Waals surface area contributed by atoms with Crippen LogP contribution in [0.2, 0.25) is 5.02 Å². The Hall–Kier alpha value is -1.32. The normalized spacial score (nSPS) is 12.7. The Labute approximate surface area is 112 Å². The molecular weight excluding hydrogens is 248 g/mol. The van der Waals surface area contributed by atoms with Crippen LogP contribution >= 0.6 is 11.6 Å². The predicted octanol–water partition coefficient (Wildman–Crippen LogP) is 3.14. The van der Waals surface area contributed by atoms with Crippen LogP contribution in [0.15, 0.2) is 30.6 Å². The van der Waals surface area contributed by atoms with Gasteiger partial charge in [-0.05, 0) is 31.0 Å². The molecule has 1 aromatic carbocycles. The van der Waals surface area contributed by atoms with E-state index >= 15 is 0 Å². The van der Waals surface area contributed by atoms with Crippen molar-refractivity contribution in [3.63, 3.8) is 0 Å². The van der Waals surface area contributed by atoms with Crippen LogP contribution in [0.1, 0.15) is 30.0 Å². The maximum absolute atomic E-state index is 10.2. The number of aliphatic hydroxyl groups excluding tert-OH is 1. The second-order valence-electron chi connectivity index (χ2n) is 4.36. The average Bonchev–Trinajstić information content (AvgIpc) is 2.79. The first kappa shape index (κ1) is 13.1. The maximum atomic E-state index is 10.2. The van der Waals surface area contributed by atoms with E-state index in [1.807, 2.05) is 35.9 Å². The topological polar surface area (TPSA) is 38.0 Å². The van der Waals surface area contributed by atoms with Crippen molar-refractivity contribution in [2.24, 2.45) is 0 Å². The molecular formula is C14H17ClN2O. The van der Waals surface area contributed by atoms with Gasteiger partial charge in [-0.3, -0.25) is 0 Å². The Balaban J connectivity index is 2.16. The zero-order valence-corrected chi connectivity index (χ0v) is 11.4. The first-order valence-electron chi connectivity index (χ1n) is 6.06. The minimum atomic E-state index is -0.573. The molecule has 0 radical (unpaired) electrons. The van der Waals surface area contributed by atoms with Gasteiger partial charge >= 0.3 is 0 Å². The minimum Gasteiger partial charge on any atom is -0.388 e. The highest BCUT2D eigenvalue weighted by atomic mass is 35.5. The number of aryl methyl sites for hydroxylation is 2. The van der Waals surface area contributed by atoms with E-state index in [0.29, 0.717) is 11.4 Å². The summed E-state index contributed by atoms with van der Waals surface area (Å²) in [6.45, 7) is 4.86. The van der Waals surface area contributed by atoms with E-state index in [9.17, 15) is 5.11 Å². The number of rotatable bonds is 4. The highest BCUT2D eigenvalue weighted by Crippen LogP contribution is 2.23. The van der Waals surface area contributed by atoms with E-state index in [0.717, 1.165) is 23.5 Å². The Morgan fingerprint density at radius 2 is 2.22 bits per heavy atom. The molecule has 0 aliphatic carbocycles. The number of hydrogen-bond donors (Lipinski definition) is 1. The van der Waals surface area contributed by atoms with Gasteiger partial charge in [0, 0.05) is 30.4 Å². The number of aliphatic hydroxyl groups is 1. The van der Waals surface area contributed by atoms with Crippen molar-refractivity contribution >= 4 is 11.6 Å². The summed E-state index contributed by atoms with van der Waals surface area (Å²) in [5, 5.41) is 10.9. The summed E-state index contributed by atoms with van der Waals surface area (Å²) >= 11 is 6.07. The predicted molar refractivity (Wildman–Crippen MR) is 72.8 cm³/mol. The van der Waals surface area contributed by atoms with Gasteiger partial charge < -0.3 is 9.67 Å². The molecule has 1 unspecified atom stereocenters. The van der Waals surface area contributed by atoms with Gasteiger partial charge in [-0.15, -0.1) is 0 Å². The third-order valence-electron chi connectivity index (χ3n) is 3.10. The van der Waals surface area contributed by atoms with E-state index in [1.165, 1.54) is 0 Å². The molecule has 1 aromatic heterocycles. The number of nitrogens with zero attached hydrogens (tertiary/aromatic N) is 2. The van der Waals surface area contributed by atoms with Crippen LogP contribution in [0.3, 0.4) is 0 Å². The van der Waals surface area contributed by atoms with Crippen molar-refractivity contribution in [2.45, 2.75) is 32.9 Å². The lowest BCUT2D eigenvalue weighted by Gasteiger charge is -2.12. The fourth-order valence-corrected chi connectivity index (χ4v) is 2.11. The van der Waals surface area contributed by atoms with E-state index in [1.54, 1.807) is 6.20 Å². The van der Waals surface area contributed by atoms with Crippen LogP contribution < -0.4 is 0 Å². The SMILES string of the molecule is CCn1ccnc1CC(O)c1ccc(C)c(Cl)c1. The van der Waals surface area contributed by atoms with Crippen molar-refractivity contribution in [1.29, 1.82) is 0 Å². The van der Waals surface area contributed by atoms with E-state index in [4.69, 9.17) is 11.6 Å². The van der Waals surface area contributed by atoms with Crippen LogP contribution in [0, 0.1) is 6.92 Å². The molecule has 1 N–H and O–H groups in total. The molecule has 0 bridgehead atoms. The molecule has 0 aliphatic heterocycles. The molecule has 18 heavy (non-hydrogen) atoms. The molecule has 0 spiro atoms. The molecule has 2 aromatic rings. The Bertz CT molecular complexity index is 536. The van der Waals surface area contributed by atoms with Gasteiger partial charge in [-0.2, -0.15) is 0 Å². The molecule has 0 saturated carbocycles. The third kappa shape index (κ3) is 2.74. The second kappa shape index (κ2) is 5.55. The van der Waals surface area contributed by atoms with Gasteiger partial charge in [-0.25, -0.2) is 4.98 Å². The van der Waals surface area contributed by atoms with Crippen LogP contribution in [0.5, 0.6) is 0 Å². The number of benzene rings is 1. The Morgan fingerprint density at radius 3 is 2.89 bits per heavy atom. The molecule has 0 aliphatic rings. The van der Waals surface area contributed by atoms with Crippen LogP contribution in [-0.2, 0) is 13.0 Å². The molecule has 0 amide bonds. The molecule has 1 heterocycles. The summed E-state index contributed by atoms with van der Waals surface area (Å²) < 4.78 is 2.03. The average molecular weight is 265 g/mol. The highest BCUT2D eigenvalue weighted by molar-refractivity contribution is 6.31. The third-order valence-corrected chi connectivity index (χ3v) is 3.51. The highest BCUT2D eigenvalue weighted by Gasteiger charge is 2.13. The number of imidazole rings is 1. The number of aromatic nitrogens is 2. The second-order valence-corrected chi connectivity index (χ2v) is 4.77. The minimum absolute atomic E-state index is 0.500. The Morgan fingerprint density at radius 1 is 1.44 bits per heavy atom. The van der Waals surface area contributed by atoms with Crippen LogP contribution in [-0.4, -0.2) is 14.7 Å². The molecule has 1 atom stereocenters. The zero-order valence-electron chi connectivity index (χ0n) is 10.6. The maximum Gasteiger partial charge on any atom is 0.111 e. The van der Waals surface area contributed by atoms with Gasteiger partial charge in [0.2, 0.25) is 0 Å². The zero-order chi connectivity index (χ0) is 13.1. The van der Waals surface area contributed by atoms with Gasteiger partial charge in [0.25, 0.3) is 0 Å². The van der Waals surface area contributed by atoms with Crippen LogP contribution in [0.25, 0.3) is 0 Å². The van der Waals surface area contributed by atoms with Gasteiger partial charge in [0.15, 0.2) is 0 Å². The first-order chi connectivity index (χ1) is 8.61. The lowest BCUT2D eigenvalue weighted by molar-refractivity contribution is 0.174. The smallest absolute Gasteiger partial charge is 0.111 e. The standard InChI is InChI=1S/C14H17ClN2O/c1-3-17-7-6-16-14(17)9-13(18)11-5-4-10(2)12(15)8-11/h4-8,13,18H,3,9H2,1-2H3. The fourth-order valence-electron chi connectivity index (χ4n) is 1.93. The number of halogens is 1. The summed E-state index contributed by atoms with van der Waals surface area (Å²) in [7, 11) is 0. The monoisotopic (exact) mass is 264 g/mol. The van der Waals surface area contributed by atoms with Crippen molar-refractivity contribution < 1.29 is 5.11 Å². The van der Waals surface area contributed by atoms with Crippen molar-refractivity contribution in [3.8, 4) is 0 Å². The van der Waals surface area contributed by atoms with Crippen molar-refractivity contribution in [1.82, 2.24) is 9.55 Å². The van der Waals surface area contributed by atoms with E-state index < -0.39 is 6.10 Å². The van der Waals surface area contributed by atoms with Crippen molar-refractivity contribution in [3.05, 3.63) is 52.6 Å².